The van der Waals surface area contributed by atoms with Gasteiger partial charge in [-0.2, -0.15) is 0 Å². The van der Waals surface area contributed by atoms with Crippen LogP contribution in [0, 0.1) is 6.92 Å². The van der Waals surface area contributed by atoms with Crippen molar-refractivity contribution in [2.45, 2.75) is 31.2 Å². The molecule has 1 aromatic carbocycles. The lowest BCUT2D eigenvalue weighted by atomic mass is 10.1. The molecular formula is C11H16N2O4S. The molecule has 1 rings (SSSR count). The number of aliphatic carboxylic acids is 1. The van der Waals surface area contributed by atoms with Crippen LogP contribution in [0.1, 0.15) is 18.9 Å². The largest absolute Gasteiger partial charge is 0.480 e. The normalized spacial score (nSPS) is 13.1. The molecule has 0 heterocycles. The van der Waals surface area contributed by atoms with Gasteiger partial charge in [0.1, 0.15) is 6.04 Å². The van der Waals surface area contributed by atoms with Gasteiger partial charge < -0.3 is 10.4 Å². The molecule has 0 aliphatic rings. The fraction of sp³-hybridized carbons (Fsp3) is 0.364. The van der Waals surface area contributed by atoms with Crippen LogP contribution < -0.4 is 10.5 Å². The second kappa shape index (κ2) is 5.36. The summed E-state index contributed by atoms with van der Waals surface area (Å²) in [7, 11) is -3.79. The highest BCUT2D eigenvalue weighted by atomic mass is 32.2. The minimum Gasteiger partial charge on any atom is -0.480 e. The van der Waals surface area contributed by atoms with E-state index in [1.165, 1.54) is 12.1 Å². The van der Waals surface area contributed by atoms with Gasteiger partial charge in [0.15, 0.2) is 0 Å². The molecule has 7 heteroatoms. The molecule has 6 nitrogen and oxygen atoms in total. The fourth-order valence-corrected chi connectivity index (χ4v) is 2.00. The van der Waals surface area contributed by atoms with Gasteiger partial charge in [-0.15, -0.1) is 0 Å². The van der Waals surface area contributed by atoms with E-state index in [0.717, 1.165) is 5.56 Å². The number of primary sulfonamides is 1. The van der Waals surface area contributed by atoms with Gasteiger partial charge in [-0.3, -0.25) is 0 Å². The molecule has 0 fully saturated rings. The molecule has 0 amide bonds. The molecule has 0 spiro atoms. The number of hydrogen-bond donors (Lipinski definition) is 3. The van der Waals surface area contributed by atoms with E-state index in [9.17, 15) is 13.2 Å². The number of nitrogens with one attached hydrogen (secondary N) is 1. The lowest BCUT2D eigenvalue weighted by Gasteiger charge is -2.16. The van der Waals surface area contributed by atoms with E-state index in [1.807, 2.05) is 0 Å². The number of carboxylic acids is 1. The van der Waals surface area contributed by atoms with Crippen molar-refractivity contribution in [2.75, 3.05) is 5.32 Å². The van der Waals surface area contributed by atoms with E-state index in [0.29, 0.717) is 12.1 Å². The highest BCUT2D eigenvalue weighted by Gasteiger charge is 2.17. The fourth-order valence-electron chi connectivity index (χ4n) is 1.46. The van der Waals surface area contributed by atoms with Crippen LogP contribution in [0.5, 0.6) is 0 Å². The Morgan fingerprint density at radius 1 is 1.50 bits per heavy atom. The molecule has 0 saturated carbocycles. The van der Waals surface area contributed by atoms with Gasteiger partial charge in [0, 0.05) is 5.69 Å². The second-order valence-corrected chi connectivity index (χ2v) is 5.53. The van der Waals surface area contributed by atoms with Crippen LogP contribution in [-0.2, 0) is 14.8 Å². The third kappa shape index (κ3) is 3.44. The number of carboxylic acid groups (broad SMARTS) is 1. The van der Waals surface area contributed by atoms with E-state index >= 15 is 0 Å². The summed E-state index contributed by atoms with van der Waals surface area (Å²) >= 11 is 0. The van der Waals surface area contributed by atoms with Crippen LogP contribution in [0.25, 0.3) is 0 Å². The van der Waals surface area contributed by atoms with E-state index in [2.05, 4.69) is 5.32 Å². The van der Waals surface area contributed by atoms with Crippen molar-refractivity contribution < 1.29 is 18.3 Å². The van der Waals surface area contributed by atoms with Crippen molar-refractivity contribution in [3.8, 4) is 0 Å². The monoisotopic (exact) mass is 272 g/mol. The summed E-state index contributed by atoms with van der Waals surface area (Å²) in [5.74, 6) is -0.988. The Hall–Kier alpha value is -1.60. The number of aryl methyl sites for hydroxylation is 1. The van der Waals surface area contributed by atoms with E-state index in [1.54, 1.807) is 19.9 Å². The minimum atomic E-state index is -3.79. The van der Waals surface area contributed by atoms with Gasteiger partial charge in [0.05, 0.1) is 4.90 Å². The van der Waals surface area contributed by atoms with Crippen LogP contribution in [0.4, 0.5) is 5.69 Å². The summed E-state index contributed by atoms with van der Waals surface area (Å²) in [4.78, 5) is 10.9. The average Bonchev–Trinajstić information content (AvgIpc) is 2.25. The zero-order valence-corrected chi connectivity index (χ0v) is 11.0. The molecule has 1 atom stereocenters. The zero-order valence-electron chi connectivity index (χ0n) is 10.2. The first kappa shape index (κ1) is 14.5. The second-order valence-electron chi connectivity index (χ2n) is 3.97. The first-order valence-corrected chi connectivity index (χ1v) is 6.93. The predicted octanol–water partition coefficient (Wildman–Crippen LogP) is 0.918. The molecule has 100 valence electrons. The van der Waals surface area contributed by atoms with Crippen LogP contribution in [0.3, 0.4) is 0 Å². The van der Waals surface area contributed by atoms with E-state index < -0.39 is 22.0 Å². The number of anilines is 1. The number of rotatable bonds is 5. The highest BCUT2D eigenvalue weighted by molar-refractivity contribution is 7.89. The number of sulfonamides is 1. The Bertz CT molecular complexity index is 554. The number of nitrogens with two attached hydrogens (primary N) is 1. The van der Waals surface area contributed by atoms with Gasteiger partial charge in [0.25, 0.3) is 0 Å². The first-order valence-electron chi connectivity index (χ1n) is 5.38. The average molecular weight is 272 g/mol. The minimum absolute atomic E-state index is 0.0455. The summed E-state index contributed by atoms with van der Waals surface area (Å²) in [5.41, 5.74) is 1.21. The molecule has 4 N–H and O–H groups in total. The summed E-state index contributed by atoms with van der Waals surface area (Å²) in [6.07, 6.45) is 0.383. The standard InChI is InChI=1S/C11H16N2O4S/c1-3-9(11(14)15)13-10-6-8(18(12,16)17)5-4-7(10)2/h4-6,9,13H,3H2,1-2H3,(H,14,15)(H2,12,16,17). The Morgan fingerprint density at radius 2 is 2.11 bits per heavy atom. The first-order chi connectivity index (χ1) is 8.25. The maximum atomic E-state index is 11.2. The Morgan fingerprint density at radius 3 is 2.56 bits per heavy atom. The lowest BCUT2D eigenvalue weighted by molar-refractivity contribution is -0.137. The van der Waals surface area contributed by atoms with Crippen molar-refractivity contribution in [2.24, 2.45) is 5.14 Å². The van der Waals surface area contributed by atoms with Crippen LogP contribution in [0.15, 0.2) is 23.1 Å². The van der Waals surface area contributed by atoms with Gasteiger partial charge >= 0.3 is 5.97 Å². The predicted molar refractivity (Wildman–Crippen MR) is 67.9 cm³/mol. The lowest BCUT2D eigenvalue weighted by Crippen LogP contribution is -2.28. The van der Waals surface area contributed by atoms with E-state index in [-0.39, 0.29) is 4.90 Å². The quantitative estimate of drug-likeness (QED) is 0.738. The van der Waals surface area contributed by atoms with Gasteiger partial charge in [-0.05, 0) is 31.0 Å². The Labute approximate surface area is 106 Å². The summed E-state index contributed by atoms with van der Waals surface area (Å²) in [5, 5.41) is 16.8. The molecule has 18 heavy (non-hydrogen) atoms. The SMILES string of the molecule is CCC(Nc1cc(S(N)(=O)=O)ccc1C)C(=O)O. The maximum absolute atomic E-state index is 11.2. The molecule has 0 saturated heterocycles. The topological polar surface area (TPSA) is 109 Å². The van der Waals surface area contributed by atoms with Crippen molar-refractivity contribution in [3.63, 3.8) is 0 Å². The van der Waals surface area contributed by atoms with Crippen molar-refractivity contribution in [1.29, 1.82) is 0 Å². The Balaban J connectivity index is 3.12. The molecule has 0 aliphatic heterocycles. The number of benzene rings is 1. The summed E-state index contributed by atoms with van der Waals surface area (Å²) in [6, 6.07) is 3.55. The van der Waals surface area contributed by atoms with Gasteiger partial charge in [0.2, 0.25) is 10.0 Å². The molecular weight excluding hydrogens is 256 g/mol. The van der Waals surface area contributed by atoms with Crippen molar-refractivity contribution in [1.82, 2.24) is 0 Å². The molecule has 0 bridgehead atoms. The third-order valence-corrected chi connectivity index (χ3v) is 3.48. The number of hydrogen-bond acceptors (Lipinski definition) is 4. The summed E-state index contributed by atoms with van der Waals surface area (Å²) in [6.45, 7) is 3.48. The van der Waals surface area contributed by atoms with Crippen LogP contribution in [-0.4, -0.2) is 25.5 Å². The van der Waals surface area contributed by atoms with Crippen LogP contribution >= 0.6 is 0 Å². The highest BCUT2D eigenvalue weighted by Crippen LogP contribution is 2.20. The zero-order chi connectivity index (χ0) is 13.9. The number of carbonyl (C=O) groups is 1. The molecule has 1 aromatic rings. The van der Waals surface area contributed by atoms with Crippen LogP contribution in [0.2, 0.25) is 0 Å². The van der Waals surface area contributed by atoms with Gasteiger partial charge in [-0.1, -0.05) is 13.0 Å². The molecule has 1 unspecified atom stereocenters. The molecule has 0 aliphatic carbocycles. The third-order valence-electron chi connectivity index (χ3n) is 2.57. The molecule has 0 aromatic heterocycles. The summed E-state index contributed by atoms with van der Waals surface area (Å²) < 4.78 is 22.4. The Kier molecular flexibility index (Phi) is 4.31. The van der Waals surface area contributed by atoms with Crippen molar-refractivity contribution >= 4 is 21.7 Å². The van der Waals surface area contributed by atoms with E-state index in [4.69, 9.17) is 10.2 Å². The maximum Gasteiger partial charge on any atom is 0.326 e. The van der Waals surface area contributed by atoms with Crippen molar-refractivity contribution in [3.05, 3.63) is 23.8 Å². The molecule has 0 radical (unpaired) electrons. The van der Waals surface area contributed by atoms with Gasteiger partial charge in [-0.25, -0.2) is 18.4 Å². The smallest absolute Gasteiger partial charge is 0.326 e.